The highest BCUT2D eigenvalue weighted by atomic mass is 35.7. The minimum Gasteiger partial charge on any atom is -0.404 e. The van der Waals surface area contributed by atoms with Crippen LogP contribution in [0.5, 0.6) is 5.75 Å². The molecular weight excluding hydrogens is 311 g/mol. The molecule has 0 aromatic heterocycles. The third-order valence-corrected chi connectivity index (χ3v) is 3.19. The van der Waals surface area contributed by atoms with Crippen LogP contribution in [0.2, 0.25) is 0 Å². The lowest BCUT2D eigenvalue weighted by Gasteiger charge is -2.12. The number of aldehydes is 1. The van der Waals surface area contributed by atoms with Gasteiger partial charge in [-0.05, 0) is 6.07 Å². The minimum absolute atomic E-state index is 0.113. The van der Waals surface area contributed by atoms with Crippen LogP contribution in [0.4, 0.5) is 13.2 Å². The second-order valence-corrected chi connectivity index (χ2v) is 5.64. The van der Waals surface area contributed by atoms with Gasteiger partial charge in [0.15, 0.2) is 12.0 Å². The minimum atomic E-state index is -5.17. The maximum Gasteiger partial charge on any atom is 0.573 e. The van der Waals surface area contributed by atoms with Crippen LogP contribution in [-0.4, -0.2) is 21.1 Å². The zero-order valence-electron chi connectivity index (χ0n) is 8.73. The third-order valence-electron chi connectivity index (χ3n) is 1.85. The molecule has 0 amide bonds. The standard InChI is InChI=1S/C9H3ClF3NO4S/c10-19(16,17)8-2-6(4-15)5(3-14)1-7(8)18-9(11,12)13/h1-2,4H. The number of hydrogen-bond donors (Lipinski definition) is 0. The number of alkyl halides is 3. The molecule has 0 atom stereocenters. The quantitative estimate of drug-likeness (QED) is 0.631. The first-order chi connectivity index (χ1) is 8.58. The van der Waals surface area contributed by atoms with Crippen molar-refractivity contribution in [2.45, 2.75) is 11.3 Å². The molecule has 0 radical (unpaired) electrons. The van der Waals surface area contributed by atoms with Gasteiger partial charge >= 0.3 is 6.36 Å². The Balaban J connectivity index is 3.60. The molecule has 102 valence electrons. The molecular formula is C9H3ClF3NO4S. The smallest absolute Gasteiger partial charge is 0.404 e. The molecule has 0 fully saturated rings. The highest BCUT2D eigenvalue weighted by Crippen LogP contribution is 2.33. The number of carbonyl (C=O) groups excluding carboxylic acids is 1. The van der Waals surface area contributed by atoms with Gasteiger partial charge in [-0.1, -0.05) is 0 Å². The van der Waals surface area contributed by atoms with Crippen molar-refractivity contribution in [3.63, 3.8) is 0 Å². The van der Waals surface area contributed by atoms with Crippen LogP contribution in [0.15, 0.2) is 17.0 Å². The average Bonchev–Trinajstić information content (AvgIpc) is 2.24. The number of nitrogens with zero attached hydrogens (tertiary/aromatic N) is 1. The first-order valence-electron chi connectivity index (χ1n) is 4.32. The second-order valence-electron chi connectivity index (χ2n) is 3.10. The molecule has 0 heterocycles. The summed E-state index contributed by atoms with van der Waals surface area (Å²) in [7, 11) is 0.359. The van der Waals surface area contributed by atoms with Gasteiger partial charge in [-0.2, -0.15) is 5.26 Å². The molecule has 0 N–H and O–H groups in total. The maximum absolute atomic E-state index is 12.1. The van der Waals surface area contributed by atoms with Crippen molar-refractivity contribution in [3.05, 3.63) is 23.3 Å². The zero-order valence-corrected chi connectivity index (χ0v) is 10.3. The fraction of sp³-hybridized carbons (Fsp3) is 0.111. The molecule has 0 aliphatic carbocycles. The fourth-order valence-corrected chi connectivity index (χ4v) is 2.14. The molecule has 0 spiro atoms. The first kappa shape index (κ1) is 15.3. The summed E-state index contributed by atoms with van der Waals surface area (Å²) in [6, 6.07) is 2.45. The molecule has 0 saturated carbocycles. The molecule has 5 nitrogen and oxygen atoms in total. The van der Waals surface area contributed by atoms with Gasteiger partial charge in [-0.3, -0.25) is 4.79 Å². The molecule has 1 rings (SSSR count). The summed E-state index contributed by atoms with van der Waals surface area (Å²) in [4.78, 5) is 9.56. The summed E-state index contributed by atoms with van der Waals surface area (Å²) in [5.74, 6) is -1.18. The lowest BCUT2D eigenvalue weighted by atomic mass is 10.1. The fourth-order valence-electron chi connectivity index (χ4n) is 1.16. The van der Waals surface area contributed by atoms with Crippen molar-refractivity contribution in [2.75, 3.05) is 0 Å². The van der Waals surface area contributed by atoms with E-state index in [1.807, 2.05) is 0 Å². The number of carbonyl (C=O) groups is 1. The number of nitriles is 1. The van der Waals surface area contributed by atoms with E-state index in [0.717, 1.165) is 0 Å². The summed E-state index contributed by atoms with van der Waals surface area (Å²) in [6.07, 6.45) is -5.06. The Bertz CT molecular complexity index is 663. The van der Waals surface area contributed by atoms with Crippen molar-refractivity contribution in [1.82, 2.24) is 0 Å². The van der Waals surface area contributed by atoms with E-state index in [1.165, 1.54) is 6.07 Å². The summed E-state index contributed by atoms with van der Waals surface area (Å²) in [6.45, 7) is 0. The Kier molecular flexibility index (Phi) is 4.07. The molecule has 0 aliphatic rings. The van der Waals surface area contributed by atoms with E-state index in [2.05, 4.69) is 4.74 Å². The number of ether oxygens (including phenoxy) is 1. The molecule has 0 unspecified atom stereocenters. The number of halogens is 4. The van der Waals surface area contributed by atoms with E-state index in [0.29, 0.717) is 12.1 Å². The molecule has 1 aromatic rings. The van der Waals surface area contributed by atoms with Gasteiger partial charge < -0.3 is 4.74 Å². The summed E-state index contributed by atoms with van der Waals surface area (Å²) in [5.41, 5.74) is -0.894. The topological polar surface area (TPSA) is 84.2 Å². The number of rotatable bonds is 3. The van der Waals surface area contributed by atoms with E-state index < -0.39 is 37.2 Å². The predicted octanol–water partition coefficient (Wildman–Crippen LogP) is 2.20. The molecule has 0 aliphatic heterocycles. The van der Waals surface area contributed by atoms with Gasteiger partial charge in [0.2, 0.25) is 0 Å². The van der Waals surface area contributed by atoms with E-state index >= 15 is 0 Å². The van der Waals surface area contributed by atoms with Crippen LogP contribution >= 0.6 is 10.7 Å². The number of hydrogen-bond acceptors (Lipinski definition) is 5. The van der Waals surface area contributed by atoms with Crippen LogP contribution < -0.4 is 4.74 Å². The second kappa shape index (κ2) is 5.07. The van der Waals surface area contributed by atoms with Gasteiger partial charge in [0.25, 0.3) is 9.05 Å². The monoisotopic (exact) mass is 313 g/mol. The Morgan fingerprint density at radius 2 is 1.95 bits per heavy atom. The van der Waals surface area contributed by atoms with Gasteiger partial charge in [-0.25, -0.2) is 8.42 Å². The lowest BCUT2D eigenvalue weighted by Crippen LogP contribution is -2.18. The first-order valence-corrected chi connectivity index (χ1v) is 6.63. The summed E-state index contributed by atoms with van der Waals surface area (Å²) < 4.78 is 62.1. The Hall–Kier alpha value is -1.79. The van der Waals surface area contributed by atoms with Crippen LogP contribution in [-0.2, 0) is 9.05 Å². The van der Waals surface area contributed by atoms with Crippen molar-refractivity contribution in [1.29, 1.82) is 5.26 Å². The van der Waals surface area contributed by atoms with E-state index in [1.54, 1.807) is 0 Å². The van der Waals surface area contributed by atoms with Crippen molar-refractivity contribution < 1.29 is 31.1 Å². The van der Waals surface area contributed by atoms with Gasteiger partial charge in [0.1, 0.15) is 11.0 Å². The van der Waals surface area contributed by atoms with Crippen molar-refractivity contribution in [2.24, 2.45) is 0 Å². The van der Waals surface area contributed by atoms with Crippen LogP contribution in [0.3, 0.4) is 0 Å². The number of benzene rings is 1. The maximum atomic E-state index is 12.1. The van der Waals surface area contributed by atoms with E-state index in [-0.39, 0.29) is 6.29 Å². The molecule has 10 heteroatoms. The van der Waals surface area contributed by atoms with Gasteiger partial charge in [0.05, 0.1) is 5.56 Å². The molecule has 1 aromatic carbocycles. The average molecular weight is 314 g/mol. The summed E-state index contributed by atoms with van der Waals surface area (Å²) >= 11 is 0. The van der Waals surface area contributed by atoms with Crippen LogP contribution in [0, 0.1) is 11.3 Å². The van der Waals surface area contributed by atoms with Gasteiger partial charge in [-0.15, -0.1) is 13.2 Å². The molecule has 19 heavy (non-hydrogen) atoms. The van der Waals surface area contributed by atoms with Crippen molar-refractivity contribution in [3.8, 4) is 11.8 Å². The lowest BCUT2D eigenvalue weighted by molar-refractivity contribution is -0.275. The highest BCUT2D eigenvalue weighted by Gasteiger charge is 2.34. The van der Waals surface area contributed by atoms with Gasteiger partial charge in [0, 0.05) is 22.3 Å². The molecule has 0 bridgehead atoms. The van der Waals surface area contributed by atoms with E-state index in [9.17, 15) is 26.4 Å². The Morgan fingerprint density at radius 3 is 2.32 bits per heavy atom. The predicted molar refractivity (Wildman–Crippen MR) is 56.3 cm³/mol. The Morgan fingerprint density at radius 1 is 1.37 bits per heavy atom. The SMILES string of the molecule is N#Cc1cc(OC(F)(F)F)c(S(=O)(=O)Cl)cc1C=O. The third kappa shape index (κ3) is 3.84. The molecule has 0 saturated heterocycles. The largest absolute Gasteiger partial charge is 0.573 e. The van der Waals surface area contributed by atoms with Crippen LogP contribution in [0.1, 0.15) is 15.9 Å². The summed E-state index contributed by atoms with van der Waals surface area (Å²) in [5, 5.41) is 8.64. The Labute approximate surface area is 109 Å². The normalized spacial score (nSPS) is 11.7. The highest BCUT2D eigenvalue weighted by molar-refractivity contribution is 8.13. The van der Waals surface area contributed by atoms with Crippen LogP contribution in [0.25, 0.3) is 0 Å². The zero-order chi connectivity index (χ0) is 14.8. The van der Waals surface area contributed by atoms with Crippen molar-refractivity contribution >= 4 is 26.0 Å². The van der Waals surface area contributed by atoms with E-state index in [4.69, 9.17) is 15.9 Å².